The fourth-order valence-electron chi connectivity index (χ4n) is 4.39. The standard InChI is InChI=1S/C31H32ClN3/c1-23(12-14-26-9-5-4-6-10-26)31(28-16-18-29(32)19-17-28)25(3)35(30-11-7-8-20-33-30)22-27-15-13-24(2)34-21-27/h5,7-11,13,15-21,31H,1,3-4,6,12,14,22H2,2H3. The normalized spacial score (nSPS) is 13.7. The summed E-state index contributed by atoms with van der Waals surface area (Å²) in [4.78, 5) is 11.3. The van der Waals surface area contributed by atoms with Crippen molar-refractivity contribution in [2.24, 2.45) is 0 Å². The van der Waals surface area contributed by atoms with Crippen LogP contribution in [0.3, 0.4) is 0 Å². The highest BCUT2D eigenvalue weighted by Crippen LogP contribution is 2.38. The molecule has 0 saturated heterocycles. The van der Waals surface area contributed by atoms with Crippen molar-refractivity contribution in [2.75, 3.05) is 4.90 Å². The molecule has 4 heteroatoms. The highest BCUT2D eigenvalue weighted by atomic mass is 35.5. The average Bonchev–Trinajstić information content (AvgIpc) is 2.89. The molecule has 2 aromatic heterocycles. The number of nitrogens with zero attached hydrogens (tertiary/aromatic N) is 3. The van der Waals surface area contributed by atoms with E-state index in [2.05, 4.69) is 64.5 Å². The van der Waals surface area contributed by atoms with Gasteiger partial charge in [0.05, 0.1) is 6.54 Å². The molecule has 178 valence electrons. The Labute approximate surface area is 214 Å². The Morgan fingerprint density at radius 1 is 1.03 bits per heavy atom. The minimum Gasteiger partial charge on any atom is -0.325 e. The molecule has 0 N–H and O–H groups in total. The molecule has 0 bridgehead atoms. The van der Waals surface area contributed by atoms with Crippen molar-refractivity contribution < 1.29 is 0 Å². The molecule has 2 heterocycles. The van der Waals surface area contributed by atoms with Gasteiger partial charge in [0.15, 0.2) is 0 Å². The van der Waals surface area contributed by atoms with Gasteiger partial charge in [-0.15, -0.1) is 0 Å². The fraction of sp³-hybridized carbons (Fsp3) is 0.226. The predicted octanol–water partition coefficient (Wildman–Crippen LogP) is 8.36. The molecule has 3 nitrogen and oxygen atoms in total. The number of rotatable bonds is 10. The summed E-state index contributed by atoms with van der Waals surface area (Å²) in [5.74, 6) is 0.781. The van der Waals surface area contributed by atoms with Gasteiger partial charge in [-0.25, -0.2) is 4.98 Å². The Morgan fingerprint density at radius 3 is 2.51 bits per heavy atom. The summed E-state index contributed by atoms with van der Waals surface area (Å²) in [6.07, 6.45) is 14.7. The number of hydrogen-bond donors (Lipinski definition) is 0. The number of hydrogen-bond acceptors (Lipinski definition) is 3. The minimum absolute atomic E-state index is 0.0687. The maximum atomic E-state index is 6.23. The van der Waals surface area contributed by atoms with Crippen LogP contribution in [0.1, 0.15) is 48.4 Å². The first-order valence-corrected chi connectivity index (χ1v) is 12.5. The molecule has 0 fully saturated rings. The number of benzene rings is 1. The minimum atomic E-state index is -0.0687. The largest absolute Gasteiger partial charge is 0.325 e. The molecule has 0 saturated carbocycles. The third-order valence-electron chi connectivity index (χ3n) is 6.34. The van der Waals surface area contributed by atoms with E-state index in [1.165, 1.54) is 5.57 Å². The van der Waals surface area contributed by atoms with Crippen molar-refractivity contribution in [3.05, 3.63) is 137 Å². The molecule has 0 amide bonds. The molecule has 1 unspecified atom stereocenters. The molecule has 35 heavy (non-hydrogen) atoms. The van der Waals surface area contributed by atoms with Crippen LogP contribution in [-0.2, 0) is 6.54 Å². The summed E-state index contributed by atoms with van der Waals surface area (Å²) in [6.45, 7) is 11.8. The molecular formula is C31H32ClN3. The first kappa shape index (κ1) is 24.7. The monoisotopic (exact) mass is 481 g/mol. The van der Waals surface area contributed by atoms with E-state index < -0.39 is 0 Å². The number of pyridine rings is 2. The van der Waals surface area contributed by atoms with Crippen molar-refractivity contribution in [1.82, 2.24) is 9.97 Å². The number of aromatic nitrogens is 2. The van der Waals surface area contributed by atoms with Crippen LogP contribution < -0.4 is 4.90 Å². The van der Waals surface area contributed by atoms with Gasteiger partial charge < -0.3 is 4.90 Å². The second-order valence-corrected chi connectivity index (χ2v) is 9.41. The first-order valence-electron chi connectivity index (χ1n) is 12.1. The molecular weight excluding hydrogens is 450 g/mol. The summed E-state index contributed by atoms with van der Waals surface area (Å²) in [5, 5.41) is 0.716. The molecule has 3 aromatic rings. The van der Waals surface area contributed by atoms with Gasteiger partial charge in [-0.3, -0.25) is 4.98 Å². The molecule has 1 atom stereocenters. The first-order chi connectivity index (χ1) is 17.0. The Morgan fingerprint density at radius 2 is 1.86 bits per heavy atom. The molecule has 4 rings (SSSR count). The summed E-state index contributed by atoms with van der Waals surface area (Å²) in [6, 6.07) is 18.1. The maximum absolute atomic E-state index is 6.23. The van der Waals surface area contributed by atoms with E-state index in [1.807, 2.05) is 55.7 Å². The lowest BCUT2D eigenvalue weighted by molar-refractivity contribution is 0.756. The highest BCUT2D eigenvalue weighted by Gasteiger charge is 2.25. The molecule has 1 aliphatic rings. The van der Waals surface area contributed by atoms with Crippen LogP contribution in [0.15, 0.2) is 115 Å². The topological polar surface area (TPSA) is 29.0 Å². The summed E-state index contributed by atoms with van der Waals surface area (Å²) in [5.41, 5.74) is 6.66. The smallest absolute Gasteiger partial charge is 0.132 e. The van der Waals surface area contributed by atoms with Crippen LogP contribution in [0.2, 0.25) is 5.02 Å². The second-order valence-electron chi connectivity index (χ2n) is 8.97. The predicted molar refractivity (Wildman–Crippen MR) is 148 cm³/mol. The van der Waals surface area contributed by atoms with Gasteiger partial charge >= 0.3 is 0 Å². The molecule has 0 aliphatic heterocycles. The fourth-order valence-corrected chi connectivity index (χ4v) is 4.52. The van der Waals surface area contributed by atoms with Crippen LogP contribution in [0.4, 0.5) is 5.82 Å². The van der Waals surface area contributed by atoms with Crippen molar-refractivity contribution in [1.29, 1.82) is 0 Å². The second kappa shape index (κ2) is 11.8. The van der Waals surface area contributed by atoms with Crippen LogP contribution in [0.5, 0.6) is 0 Å². The van der Waals surface area contributed by atoms with Crippen LogP contribution in [0, 0.1) is 6.92 Å². The highest BCUT2D eigenvalue weighted by molar-refractivity contribution is 6.30. The Bertz CT molecular complexity index is 1210. The van der Waals surface area contributed by atoms with Crippen molar-refractivity contribution in [2.45, 2.75) is 45.1 Å². The third-order valence-corrected chi connectivity index (χ3v) is 6.59. The lowest BCUT2D eigenvalue weighted by Gasteiger charge is -2.33. The molecule has 0 radical (unpaired) electrons. The van der Waals surface area contributed by atoms with E-state index in [1.54, 1.807) is 0 Å². The SMILES string of the molecule is C=C(CCC1=CCCC=C1)C(C(=C)N(Cc1ccc(C)nc1)c1ccccn1)c1ccc(Cl)cc1. The summed E-state index contributed by atoms with van der Waals surface area (Å²) in [7, 11) is 0. The zero-order valence-electron chi connectivity index (χ0n) is 20.3. The van der Waals surface area contributed by atoms with Gasteiger partial charge in [-0.1, -0.05) is 78.4 Å². The van der Waals surface area contributed by atoms with Gasteiger partial charge in [-0.05, 0) is 74.1 Å². The average molecular weight is 482 g/mol. The zero-order chi connectivity index (χ0) is 24.6. The van der Waals surface area contributed by atoms with Crippen molar-refractivity contribution in [3.63, 3.8) is 0 Å². The van der Waals surface area contributed by atoms with Crippen molar-refractivity contribution in [3.8, 4) is 0 Å². The summed E-state index contributed by atoms with van der Waals surface area (Å²) >= 11 is 6.23. The number of allylic oxidation sites excluding steroid dienone is 5. The lowest BCUT2D eigenvalue weighted by Crippen LogP contribution is -2.27. The van der Waals surface area contributed by atoms with E-state index in [9.17, 15) is 0 Å². The van der Waals surface area contributed by atoms with E-state index in [0.717, 1.165) is 59.6 Å². The number of halogens is 1. The van der Waals surface area contributed by atoms with Gasteiger partial charge in [0.1, 0.15) is 5.82 Å². The number of anilines is 1. The lowest BCUT2D eigenvalue weighted by atomic mass is 9.85. The molecule has 0 spiro atoms. The quantitative estimate of drug-likeness (QED) is 0.272. The third kappa shape index (κ3) is 6.58. The Kier molecular flexibility index (Phi) is 8.33. The van der Waals surface area contributed by atoms with Gasteiger partial charge in [0, 0.05) is 34.7 Å². The maximum Gasteiger partial charge on any atom is 0.132 e. The summed E-state index contributed by atoms with van der Waals surface area (Å²) < 4.78 is 0. The van der Waals surface area contributed by atoms with Gasteiger partial charge in [0.2, 0.25) is 0 Å². The Hall–Kier alpha value is -3.43. The van der Waals surface area contributed by atoms with E-state index in [-0.39, 0.29) is 5.92 Å². The van der Waals surface area contributed by atoms with Crippen LogP contribution >= 0.6 is 11.6 Å². The van der Waals surface area contributed by atoms with Crippen LogP contribution in [-0.4, -0.2) is 9.97 Å². The van der Waals surface area contributed by atoms with Crippen molar-refractivity contribution >= 4 is 17.4 Å². The Balaban J connectivity index is 1.66. The van der Waals surface area contributed by atoms with E-state index >= 15 is 0 Å². The number of aryl methyl sites for hydroxylation is 1. The van der Waals surface area contributed by atoms with E-state index in [0.29, 0.717) is 11.6 Å². The van der Waals surface area contributed by atoms with Crippen LogP contribution in [0.25, 0.3) is 0 Å². The van der Waals surface area contributed by atoms with Gasteiger partial charge in [-0.2, -0.15) is 0 Å². The molecule has 1 aliphatic carbocycles. The molecule has 1 aromatic carbocycles. The van der Waals surface area contributed by atoms with Gasteiger partial charge in [0.25, 0.3) is 0 Å². The van der Waals surface area contributed by atoms with E-state index in [4.69, 9.17) is 11.6 Å². The zero-order valence-corrected chi connectivity index (χ0v) is 21.1.